The first-order chi connectivity index (χ1) is 12.6. The molecular weight excluding hydrogens is 322 g/mol. The molecule has 0 saturated heterocycles. The van der Waals surface area contributed by atoms with Crippen LogP contribution in [-0.2, 0) is 12.8 Å². The number of ether oxygens (including phenoxy) is 1. The van der Waals surface area contributed by atoms with Crippen LogP contribution < -0.4 is 4.74 Å². The van der Waals surface area contributed by atoms with E-state index in [-0.39, 0.29) is 0 Å². The number of rotatable bonds is 9. The lowest BCUT2D eigenvalue weighted by atomic mass is 10.1. The summed E-state index contributed by atoms with van der Waals surface area (Å²) in [5.74, 6) is 2.55. The predicted octanol–water partition coefficient (Wildman–Crippen LogP) is 5.55. The summed E-state index contributed by atoms with van der Waals surface area (Å²) >= 11 is 0. The molecule has 1 N–H and O–H groups in total. The zero-order valence-corrected chi connectivity index (χ0v) is 16.5. The van der Waals surface area contributed by atoms with Gasteiger partial charge >= 0.3 is 0 Å². The summed E-state index contributed by atoms with van der Waals surface area (Å²) in [6.07, 6.45) is 7.80. The van der Waals surface area contributed by atoms with Crippen LogP contribution >= 0.6 is 0 Å². The van der Waals surface area contributed by atoms with Gasteiger partial charge in [-0.3, -0.25) is 5.10 Å². The van der Waals surface area contributed by atoms with Crippen molar-refractivity contribution in [2.75, 3.05) is 7.11 Å². The summed E-state index contributed by atoms with van der Waals surface area (Å²) in [7, 11) is 1.69. The topological polar surface area (TPSA) is 50.8 Å². The molecule has 0 aliphatic rings. The Morgan fingerprint density at radius 3 is 2.42 bits per heavy atom. The first-order valence-electron chi connectivity index (χ1n) is 9.16. The number of nitrogens with one attached hydrogen (secondary N) is 1. The summed E-state index contributed by atoms with van der Waals surface area (Å²) in [4.78, 5) is 4.54. The van der Waals surface area contributed by atoms with Crippen molar-refractivity contribution < 1.29 is 4.74 Å². The Kier molecular flexibility index (Phi) is 9.77. The second-order valence-corrected chi connectivity index (χ2v) is 5.77. The van der Waals surface area contributed by atoms with Crippen LogP contribution in [0.5, 0.6) is 5.75 Å². The Labute approximate surface area is 157 Å². The van der Waals surface area contributed by atoms with Crippen molar-refractivity contribution in [1.82, 2.24) is 15.2 Å². The third-order valence-electron chi connectivity index (χ3n) is 3.84. The molecule has 26 heavy (non-hydrogen) atoms. The highest BCUT2D eigenvalue weighted by Crippen LogP contribution is 2.15. The third kappa shape index (κ3) is 7.09. The smallest absolute Gasteiger partial charge is 0.176 e. The number of nitrogens with zero attached hydrogens (tertiary/aromatic N) is 2. The number of allylic oxidation sites excluding steroid dienone is 4. The summed E-state index contributed by atoms with van der Waals surface area (Å²) in [5.41, 5.74) is 3.18. The van der Waals surface area contributed by atoms with Gasteiger partial charge in [-0.25, -0.2) is 4.98 Å². The van der Waals surface area contributed by atoms with Crippen molar-refractivity contribution in [3.05, 3.63) is 72.4 Å². The quantitative estimate of drug-likeness (QED) is 0.475. The summed E-state index contributed by atoms with van der Waals surface area (Å²) in [6.45, 7) is 13.6. The van der Waals surface area contributed by atoms with Gasteiger partial charge in [-0.15, -0.1) is 0 Å². The molecule has 0 atom stereocenters. The molecule has 4 nitrogen and oxygen atoms in total. The van der Waals surface area contributed by atoms with Crippen LogP contribution in [0.4, 0.5) is 0 Å². The normalized spacial score (nSPS) is 10.7. The lowest BCUT2D eigenvalue weighted by molar-refractivity contribution is 0.414. The van der Waals surface area contributed by atoms with E-state index in [1.807, 2.05) is 39.0 Å². The molecule has 0 amide bonds. The summed E-state index contributed by atoms with van der Waals surface area (Å²) < 4.78 is 5.17. The van der Waals surface area contributed by atoms with Crippen LogP contribution in [0.3, 0.4) is 0 Å². The first kappa shape index (κ1) is 21.4. The number of H-pyrrole nitrogens is 1. The van der Waals surface area contributed by atoms with E-state index in [0.717, 1.165) is 54.2 Å². The first-order valence-corrected chi connectivity index (χ1v) is 9.16. The minimum atomic E-state index is 0.725. The standard InChI is InChI=1S/C20H25N3O.C2H6/c1-5-15(2)14-16(3)20-21-19(22-23-20)9-7-6-8-17-10-12-18(24-4)13-11-17;1-2/h5,10-14H,1-2,6-9H2,3-4H3,(H,21,22,23);1-2H3/b16-14+;. The van der Waals surface area contributed by atoms with Gasteiger partial charge < -0.3 is 4.74 Å². The fourth-order valence-electron chi connectivity index (χ4n) is 2.40. The molecule has 0 aliphatic heterocycles. The van der Waals surface area contributed by atoms with Gasteiger partial charge in [0.25, 0.3) is 0 Å². The van der Waals surface area contributed by atoms with Crippen molar-refractivity contribution in [3.63, 3.8) is 0 Å². The van der Waals surface area contributed by atoms with Gasteiger partial charge in [-0.05, 0) is 61.1 Å². The maximum atomic E-state index is 5.17. The molecule has 0 unspecified atom stereocenters. The van der Waals surface area contributed by atoms with Gasteiger partial charge in [0.1, 0.15) is 11.6 Å². The number of hydrogen-bond acceptors (Lipinski definition) is 3. The van der Waals surface area contributed by atoms with Gasteiger partial charge in [-0.1, -0.05) is 45.2 Å². The Morgan fingerprint density at radius 2 is 1.81 bits per heavy atom. The number of hydrogen-bond donors (Lipinski definition) is 1. The van der Waals surface area contributed by atoms with Gasteiger partial charge in [-0.2, -0.15) is 5.10 Å². The minimum absolute atomic E-state index is 0.725. The SMILES string of the molecule is C=CC(=C)/C=C(\C)c1n[nH]c(CCCCc2ccc(OC)cc2)n1.CC. The third-order valence-corrected chi connectivity index (χ3v) is 3.84. The molecule has 140 valence electrons. The Hall–Kier alpha value is -2.62. The van der Waals surface area contributed by atoms with Crippen molar-refractivity contribution in [2.45, 2.75) is 46.5 Å². The van der Waals surface area contributed by atoms with E-state index in [2.05, 4.69) is 40.5 Å². The van der Waals surface area contributed by atoms with Crippen molar-refractivity contribution in [1.29, 1.82) is 0 Å². The molecule has 1 aromatic carbocycles. The zero-order chi connectivity index (χ0) is 19.4. The largest absolute Gasteiger partial charge is 0.497 e. The maximum absolute atomic E-state index is 5.17. The van der Waals surface area contributed by atoms with Crippen molar-refractivity contribution in [3.8, 4) is 5.75 Å². The predicted molar refractivity (Wildman–Crippen MR) is 110 cm³/mol. The monoisotopic (exact) mass is 353 g/mol. The molecule has 4 heteroatoms. The Bertz CT molecular complexity index is 711. The minimum Gasteiger partial charge on any atom is -0.497 e. The fraction of sp³-hybridized carbons (Fsp3) is 0.364. The van der Waals surface area contributed by atoms with E-state index in [1.54, 1.807) is 13.2 Å². The molecule has 2 aromatic rings. The highest BCUT2D eigenvalue weighted by Gasteiger charge is 2.05. The highest BCUT2D eigenvalue weighted by molar-refractivity contribution is 5.61. The number of aromatic nitrogens is 3. The maximum Gasteiger partial charge on any atom is 0.176 e. The number of aromatic amines is 1. The van der Waals surface area contributed by atoms with Crippen LogP contribution in [0.2, 0.25) is 0 Å². The van der Waals surface area contributed by atoms with Gasteiger partial charge in [0.2, 0.25) is 0 Å². The van der Waals surface area contributed by atoms with Gasteiger partial charge in [0.15, 0.2) is 5.82 Å². The molecule has 0 saturated carbocycles. The second-order valence-electron chi connectivity index (χ2n) is 5.77. The van der Waals surface area contributed by atoms with Crippen LogP contribution in [0.1, 0.15) is 50.8 Å². The Morgan fingerprint density at radius 1 is 1.15 bits per heavy atom. The van der Waals surface area contributed by atoms with E-state index in [1.165, 1.54) is 5.56 Å². The number of unbranched alkanes of at least 4 members (excludes halogenated alkanes) is 1. The van der Waals surface area contributed by atoms with E-state index < -0.39 is 0 Å². The lowest BCUT2D eigenvalue weighted by Crippen LogP contribution is -1.92. The summed E-state index contributed by atoms with van der Waals surface area (Å²) in [5, 5.41) is 7.28. The molecule has 0 spiro atoms. The van der Waals surface area contributed by atoms with Crippen LogP contribution in [0.15, 0.2) is 55.1 Å². The van der Waals surface area contributed by atoms with E-state index >= 15 is 0 Å². The highest BCUT2D eigenvalue weighted by atomic mass is 16.5. The lowest BCUT2D eigenvalue weighted by Gasteiger charge is -2.03. The van der Waals surface area contributed by atoms with Gasteiger partial charge in [0, 0.05) is 6.42 Å². The van der Waals surface area contributed by atoms with Crippen molar-refractivity contribution >= 4 is 5.57 Å². The summed E-state index contributed by atoms with van der Waals surface area (Å²) in [6, 6.07) is 8.24. The Balaban J connectivity index is 0.00000163. The molecule has 0 bridgehead atoms. The molecule has 1 aromatic heterocycles. The molecule has 0 radical (unpaired) electrons. The zero-order valence-electron chi connectivity index (χ0n) is 16.5. The molecular formula is C22H31N3O. The van der Waals surface area contributed by atoms with Crippen LogP contribution in [0.25, 0.3) is 5.57 Å². The van der Waals surface area contributed by atoms with Crippen LogP contribution in [-0.4, -0.2) is 22.3 Å². The number of benzene rings is 1. The molecule has 0 aliphatic carbocycles. The van der Waals surface area contributed by atoms with Gasteiger partial charge in [0.05, 0.1) is 7.11 Å². The van der Waals surface area contributed by atoms with E-state index in [9.17, 15) is 0 Å². The molecule has 2 rings (SSSR count). The van der Waals surface area contributed by atoms with E-state index in [0.29, 0.717) is 0 Å². The number of aryl methyl sites for hydroxylation is 2. The molecule has 0 fully saturated rings. The number of methoxy groups -OCH3 is 1. The second kappa shape index (κ2) is 11.9. The fourth-order valence-corrected chi connectivity index (χ4v) is 2.40. The average Bonchev–Trinajstić information content (AvgIpc) is 3.16. The van der Waals surface area contributed by atoms with Crippen molar-refractivity contribution in [2.24, 2.45) is 0 Å². The van der Waals surface area contributed by atoms with E-state index in [4.69, 9.17) is 4.74 Å². The van der Waals surface area contributed by atoms with Crippen LogP contribution in [0, 0.1) is 0 Å². The molecule has 1 heterocycles. The average molecular weight is 354 g/mol.